The third kappa shape index (κ3) is 3.84. The number of rotatable bonds is 3. The van der Waals surface area contributed by atoms with Crippen molar-refractivity contribution in [2.45, 2.75) is 32.0 Å². The first-order valence-electron chi connectivity index (χ1n) is 8.49. The monoisotopic (exact) mass is 380 g/mol. The number of ether oxygens (including phenoxy) is 1. The summed E-state index contributed by atoms with van der Waals surface area (Å²) in [5, 5.41) is 2.80. The number of amides is 1. The van der Waals surface area contributed by atoms with Crippen molar-refractivity contribution in [2.24, 2.45) is 5.92 Å². The van der Waals surface area contributed by atoms with E-state index in [9.17, 15) is 22.8 Å². The molecule has 0 radical (unpaired) electrons. The van der Waals surface area contributed by atoms with Crippen LogP contribution in [0.2, 0.25) is 0 Å². The summed E-state index contributed by atoms with van der Waals surface area (Å²) in [6.45, 7) is 1.98. The highest BCUT2D eigenvalue weighted by Gasteiger charge is 2.33. The van der Waals surface area contributed by atoms with Gasteiger partial charge in [-0.2, -0.15) is 13.2 Å². The van der Waals surface area contributed by atoms with Crippen molar-refractivity contribution in [1.29, 1.82) is 0 Å². The van der Waals surface area contributed by atoms with Gasteiger partial charge in [0.1, 0.15) is 17.0 Å². The third-order valence-corrected chi connectivity index (χ3v) is 4.87. The Balaban J connectivity index is 1.87. The van der Waals surface area contributed by atoms with Crippen molar-refractivity contribution in [1.82, 2.24) is 10.3 Å². The Bertz CT molecular complexity index is 921. The summed E-state index contributed by atoms with van der Waals surface area (Å²) in [5.74, 6) is 0.126. The first-order chi connectivity index (χ1) is 12.7. The minimum Gasteiger partial charge on any atom is -0.497 e. The van der Waals surface area contributed by atoms with Crippen molar-refractivity contribution in [3.05, 3.63) is 63.1 Å². The number of hydrogen-bond acceptors (Lipinski definition) is 3. The molecule has 1 aliphatic rings. The number of carbonyl (C=O) groups is 1. The normalized spacial score (nSPS) is 19.3. The van der Waals surface area contributed by atoms with Crippen molar-refractivity contribution in [3.63, 3.8) is 0 Å². The predicted molar refractivity (Wildman–Crippen MR) is 92.8 cm³/mol. The van der Waals surface area contributed by atoms with E-state index in [4.69, 9.17) is 4.74 Å². The Hall–Kier alpha value is -2.77. The minimum absolute atomic E-state index is 0.114. The van der Waals surface area contributed by atoms with E-state index in [0.29, 0.717) is 11.8 Å². The molecule has 0 fully saturated rings. The maximum absolute atomic E-state index is 12.7. The van der Waals surface area contributed by atoms with Crippen molar-refractivity contribution < 1.29 is 22.7 Å². The second-order valence-electron chi connectivity index (χ2n) is 6.64. The van der Waals surface area contributed by atoms with E-state index in [1.807, 2.05) is 19.1 Å². The highest BCUT2D eigenvalue weighted by Crippen LogP contribution is 2.36. The van der Waals surface area contributed by atoms with Gasteiger partial charge in [-0.25, -0.2) is 0 Å². The molecule has 0 bridgehead atoms. The zero-order valence-corrected chi connectivity index (χ0v) is 14.8. The molecule has 1 heterocycles. The summed E-state index contributed by atoms with van der Waals surface area (Å²) >= 11 is 0. The summed E-state index contributed by atoms with van der Waals surface area (Å²) in [6, 6.07) is 6.82. The number of halogens is 3. The maximum Gasteiger partial charge on any atom is 0.431 e. The van der Waals surface area contributed by atoms with Gasteiger partial charge in [0.25, 0.3) is 11.5 Å². The number of nitrogens with one attached hydrogen (secondary N) is 2. The molecule has 0 aliphatic heterocycles. The standard InChI is InChI=1S/C19H19F3N2O3/c1-10-3-4-11-9-12(27-2)5-6-13(11)16(10)24-18(26)14-7-8-15(19(20,21)22)23-17(14)25/h5-10,16H,3-4H2,1-2H3,(H,23,25)(H,24,26). The number of benzene rings is 1. The van der Waals surface area contributed by atoms with Gasteiger partial charge in [-0.15, -0.1) is 0 Å². The lowest BCUT2D eigenvalue weighted by atomic mass is 9.80. The van der Waals surface area contributed by atoms with Crippen LogP contribution < -0.4 is 15.6 Å². The van der Waals surface area contributed by atoms with Gasteiger partial charge in [0.05, 0.1) is 13.2 Å². The smallest absolute Gasteiger partial charge is 0.431 e. The Morgan fingerprint density at radius 3 is 2.63 bits per heavy atom. The van der Waals surface area contributed by atoms with Crippen LogP contribution in [0.4, 0.5) is 13.2 Å². The molecule has 1 aromatic carbocycles. The summed E-state index contributed by atoms with van der Waals surface area (Å²) in [4.78, 5) is 26.2. The molecule has 2 aromatic rings. The van der Waals surface area contributed by atoms with E-state index in [0.717, 1.165) is 30.0 Å². The van der Waals surface area contributed by atoms with E-state index in [2.05, 4.69) is 5.32 Å². The van der Waals surface area contributed by atoms with Gasteiger partial charge in [0, 0.05) is 0 Å². The maximum atomic E-state index is 12.7. The Labute approximate surface area is 153 Å². The second-order valence-corrected chi connectivity index (χ2v) is 6.64. The number of pyridine rings is 1. The average molecular weight is 380 g/mol. The zero-order chi connectivity index (χ0) is 19.8. The highest BCUT2D eigenvalue weighted by atomic mass is 19.4. The topological polar surface area (TPSA) is 71.2 Å². The number of aryl methyl sites for hydroxylation is 1. The number of aromatic amines is 1. The lowest BCUT2D eigenvalue weighted by molar-refractivity contribution is -0.141. The molecule has 5 nitrogen and oxygen atoms in total. The second kappa shape index (κ2) is 7.09. The van der Waals surface area contributed by atoms with Crippen LogP contribution in [0.3, 0.4) is 0 Å². The largest absolute Gasteiger partial charge is 0.497 e. The van der Waals surface area contributed by atoms with Gasteiger partial charge >= 0.3 is 6.18 Å². The molecule has 1 aromatic heterocycles. The third-order valence-electron chi connectivity index (χ3n) is 4.87. The number of methoxy groups -OCH3 is 1. The molecule has 144 valence electrons. The molecule has 1 amide bonds. The fourth-order valence-corrected chi connectivity index (χ4v) is 3.34. The number of aromatic nitrogens is 1. The number of hydrogen-bond donors (Lipinski definition) is 2. The quantitative estimate of drug-likeness (QED) is 0.857. The van der Waals surface area contributed by atoms with Crippen molar-refractivity contribution >= 4 is 5.91 Å². The van der Waals surface area contributed by atoms with Crippen LogP contribution in [-0.4, -0.2) is 18.0 Å². The van der Waals surface area contributed by atoms with Crippen molar-refractivity contribution in [2.75, 3.05) is 7.11 Å². The summed E-state index contributed by atoms with van der Waals surface area (Å²) in [5.41, 5.74) is -0.644. The minimum atomic E-state index is -4.68. The summed E-state index contributed by atoms with van der Waals surface area (Å²) < 4.78 is 43.2. The number of alkyl halides is 3. The van der Waals surface area contributed by atoms with Crippen LogP contribution >= 0.6 is 0 Å². The van der Waals surface area contributed by atoms with Crippen molar-refractivity contribution in [3.8, 4) is 5.75 Å². The SMILES string of the molecule is COc1ccc2c(c1)CCC(C)C2NC(=O)c1ccc(C(F)(F)F)[nH]c1=O. The van der Waals surface area contributed by atoms with Gasteiger partial charge < -0.3 is 15.0 Å². The summed E-state index contributed by atoms with van der Waals surface area (Å²) in [7, 11) is 1.57. The van der Waals surface area contributed by atoms with Crippen LogP contribution in [0.5, 0.6) is 5.75 Å². The molecule has 1 aliphatic carbocycles. The predicted octanol–water partition coefficient (Wildman–Crippen LogP) is 3.46. The van der Waals surface area contributed by atoms with E-state index in [-0.39, 0.29) is 17.5 Å². The van der Waals surface area contributed by atoms with Gasteiger partial charge in [-0.3, -0.25) is 9.59 Å². The average Bonchev–Trinajstić information content (AvgIpc) is 2.62. The molecule has 3 rings (SSSR count). The van der Waals surface area contributed by atoms with E-state index in [1.54, 1.807) is 18.2 Å². The fraction of sp³-hybridized carbons (Fsp3) is 0.368. The van der Waals surface area contributed by atoms with Crippen LogP contribution in [0.25, 0.3) is 0 Å². The molecule has 0 saturated carbocycles. The molecule has 2 atom stereocenters. The first kappa shape index (κ1) is 19.0. The van der Waals surface area contributed by atoms with Gasteiger partial charge in [0.2, 0.25) is 0 Å². The number of carbonyl (C=O) groups excluding carboxylic acids is 1. The molecule has 27 heavy (non-hydrogen) atoms. The molecular formula is C19H19F3N2O3. The fourth-order valence-electron chi connectivity index (χ4n) is 3.34. The molecule has 2 unspecified atom stereocenters. The Morgan fingerprint density at radius 1 is 1.26 bits per heavy atom. The Morgan fingerprint density at radius 2 is 2.00 bits per heavy atom. The lowest BCUT2D eigenvalue weighted by Crippen LogP contribution is -2.38. The summed E-state index contributed by atoms with van der Waals surface area (Å²) in [6.07, 6.45) is -3.01. The Kier molecular flexibility index (Phi) is 4.99. The molecule has 2 N–H and O–H groups in total. The highest BCUT2D eigenvalue weighted by molar-refractivity contribution is 5.94. The van der Waals surface area contributed by atoms with Gasteiger partial charge in [0.15, 0.2) is 0 Å². The zero-order valence-electron chi connectivity index (χ0n) is 14.8. The van der Waals surface area contributed by atoms with Crippen LogP contribution in [0.1, 0.15) is 46.6 Å². The van der Waals surface area contributed by atoms with Gasteiger partial charge in [-0.1, -0.05) is 13.0 Å². The molecule has 0 spiro atoms. The molecule has 8 heteroatoms. The van der Waals surface area contributed by atoms with Crippen LogP contribution in [-0.2, 0) is 12.6 Å². The van der Waals surface area contributed by atoms with Crippen LogP contribution in [0.15, 0.2) is 35.1 Å². The number of H-pyrrole nitrogens is 1. The first-order valence-corrected chi connectivity index (χ1v) is 8.49. The van der Waals surface area contributed by atoms with Gasteiger partial charge in [-0.05, 0) is 54.2 Å². The van der Waals surface area contributed by atoms with E-state index >= 15 is 0 Å². The molecule has 0 saturated heterocycles. The van der Waals surface area contributed by atoms with E-state index < -0.39 is 23.3 Å². The molecular weight excluding hydrogens is 361 g/mol. The van der Waals surface area contributed by atoms with E-state index in [1.165, 1.54) is 0 Å². The number of fused-ring (bicyclic) bond motifs is 1. The van der Waals surface area contributed by atoms with Crippen LogP contribution in [0, 0.1) is 5.92 Å². The lowest BCUT2D eigenvalue weighted by Gasteiger charge is -2.32.